The van der Waals surface area contributed by atoms with Crippen LogP contribution in [0, 0.1) is 6.07 Å². The first kappa shape index (κ1) is 10.6. The highest BCUT2D eigenvalue weighted by Crippen LogP contribution is 2.11. The Hall–Kier alpha value is -1.51. The Bertz CT molecular complexity index is 285. The van der Waals surface area contributed by atoms with E-state index >= 15 is 0 Å². The molecule has 1 aromatic carbocycles. The number of benzene rings is 1. The lowest BCUT2D eigenvalue weighted by Crippen LogP contribution is -2.27. The van der Waals surface area contributed by atoms with Gasteiger partial charge < -0.3 is 4.74 Å². The van der Waals surface area contributed by atoms with Crippen molar-refractivity contribution >= 4 is 11.8 Å². The summed E-state index contributed by atoms with van der Waals surface area (Å²) in [6, 6.07) is 10.1. The summed E-state index contributed by atoms with van der Waals surface area (Å²) in [5.41, 5.74) is 0.786. The third kappa shape index (κ3) is 2.76. The molecule has 0 saturated carbocycles. The van der Waals surface area contributed by atoms with Crippen LogP contribution in [0.25, 0.3) is 0 Å². The molecule has 0 fully saturated rings. The second kappa shape index (κ2) is 5.27. The van der Waals surface area contributed by atoms with Crippen molar-refractivity contribution in [1.29, 1.82) is 0 Å². The maximum absolute atomic E-state index is 11.4. The minimum atomic E-state index is -0.327. The van der Waals surface area contributed by atoms with Gasteiger partial charge in [-0.25, -0.2) is 4.79 Å². The fourth-order valence-electron chi connectivity index (χ4n) is 0.984. The molecule has 0 aliphatic carbocycles. The maximum atomic E-state index is 11.4. The smallest absolute Gasteiger partial charge is 0.414 e. The standard InChI is InChI=1S/C11H14NO2/c1-3-9-14-11(13)12(2)10-7-5-4-6-8-10/h4-5,7-8H,3,9H2,1-2H3. The van der Waals surface area contributed by atoms with Gasteiger partial charge in [-0.05, 0) is 24.6 Å². The largest absolute Gasteiger partial charge is 0.449 e. The fourth-order valence-corrected chi connectivity index (χ4v) is 0.984. The quantitative estimate of drug-likeness (QED) is 0.736. The van der Waals surface area contributed by atoms with E-state index in [1.165, 1.54) is 4.90 Å². The predicted octanol–water partition coefficient (Wildman–Crippen LogP) is 2.47. The second-order valence-corrected chi connectivity index (χ2v) is 2.94. The Kier molecular flexibility index (Phi) is 3.98. The van der Waals surface area contributed by atoms with Crippen LogP contribution in [0.2, 0.25) is 0 Å². The molecule has 1 radical (unpaired) electrons. The SMILES string of the molecule is CCCOC(=O)N(C)c1c[c]ccc1. The van der Waals surface area contributed by atoms with Crippen molar-refractivity contribution in [1.82, 2.24) is 0 Å². The van der Waals surface area contributed by atoms with E-state index < -0.39 is 0 Å². The molecule has 1 aromatic rings. The first-order valence-electron chi connectivity index (χ1n) is 4.62. The van der Waals surface area contributed by atoms with E-state index in [-0.39, 0.29) is 6.09 Å². The second-order valence-electron chi connectivity index (χ2n) is 2.94. The molecule has 0 spiro atoms. The minimum Gasteiger partial charge on any atom is -0.449 e. The molecule has 3 nitrogen and oxygen atoms in total. The van der Waals surface area contributed by atoms with Crippen LogP contribution in [0.3, 0.4) is 0 Å². The number of ether oxygens (including phenoxy) is 1. The number of amides is 1. The molecule has 1 rings (SSSR count). The molecule has 0 aromatic heterocycles. The zero-order valence-corrected chi connectivity index (χ0v) is 8.49. The number of rotatable bonds is 3. The lowest BCUT2D eigenvalue weighted by molar-refractivity contribution is 0.155. The van der Waals surface area contributed by atoms with E-state index in [1.54, 1.807) is 19.2 Å². The van der Waals surface area contributed by atoms with Crippen molar-refractivity contribution in [3.8, 4) is 0 Å². The van der Waals surface area contributed by atoms with E-state index in [0.717, 1.165) is 12.1 Å². The van der Waals surface area contributed by atoms with E-state index in [4.69, 9.17) is 4.74 Å². The predicted molar refractivity (Wildman–Crippen MR) is 55.3 cm³/mol. The van der Waals surface area contributed by atoms with Crippen LogP contribution in [-0.2, 0) is 4.74 Å². The first-order valence-corrected chi connectivity index (χ1v) is 4.62. The van der Waals surface area contributed by atoms with E-state index in [1.807, 2.05) is 19.1 Å². The summed E-state index contributed by atoms with van der Waals surface area (Å²) >= 11 is 0. The van der Waals surface area contributed by atoms with Gasteiger partial charge in [-0.2, -0.15) is 0 Å². The molecule has 0 aliphatic rings. The number of hydrogen-bond acceptors (Lipinski definition) is 2. The Morgan fingerprint density at radius 2 is 2.43 bits per heavy atom. The Morgan fingerprint density at radius 3 is 3.00 bits per heavy atom. The molecule has 0 heterocycles. The highest BCUT2D eigenvalue weighted by molar-refractivity contribution is 5.86. The van der Waals surface area contributed by atoms with Gasteiger partial charge in [0, 0.05) is 12.7 Å². The molecule has 3 heteroatoms. The average molecular weight is 192 g/mol. The summed E-state index contributed by atoms with van der Waals surface area (Å²) in [5, 5.41) is 0. The van der Waals surface area contributed by atoms with Crippen molar-refractivity contribution < 1.29 is 9.53 Å². The Labute approximate surface area is 84.3 Å². The first-order chi connectivity index (χ1) is 6.75. The molecule has 0 N–H and O–H groups in total. The van der Waals surface area contributed by atoms with Gasteiger partial charge in [-0.1, -0.05) is 19.1 Å². The topological polar surface area (TPSA) is 29.5 Å². The van der Waals surface area contributed by atoms with Gasteiger partial charge in [-0.15, -0.1) is 0 Å². The van der Waals surface area contributed by atoms with Gasteiger partial charge in [0.1, 0.15) is 0 Å². The van der Waals surface area contributed by atoms with Gasteiger partial charge in [0.15, 0.2) is 0 Å². The zero-order valence-electron chi connectivity index (χ0n) is 8.49. The molecular formula is C11H14NO2. The van der Waals surface area contributed by atoms with Crippen LogP contribution in [-0.4, -0.2) is 19.7 Å². The summed E-state index contributed by atoms with van der Waals surface area (Å²) in [6.07, 6.45) is 0.506. The Morgan fingerprint density at radius 1 is 1.64 bits per heavy atom. The van der Waals surface area contributed by atoms with Crippen molar-refractivity contribution in [2.45, 2.75) is 13.3 Å². The average Bonchev–Trinajstić information content (AvgIpc) is 2.26. The normalized spacial score (nSPS) is 9.57. The van der Waals surface area contributed by atoms with Crippen LogP contribution < -0.4 is 4.90 Å². The maximum Gasteiger partial charge on any atom is 0.414 e. The summed E-state index contributed by atoms with van der Waals surface area (Å²) in [4.78, 5) is 12.9. The Balaban J connectivity index is 2.57. The molecule has 14 heavy (non-hydrogen) atoms. The monoisotopic (exact) mass is 192 g/mol. The molecular weight excluding hydrogens is 178 g/mol. The van der Waals surface area contributed by atoms with E-state index in [0.29, 0.717) is 6.61 Å². The molecule has 75 valence electrons. The number of nitrogens with zero attached hydrogens (tertiary/aromatic N) is 1. The minimum absolute atomic E-state index is 0.327. The lowest BCUT2D eigenvalue weighted by Gasteiger charge is -2.16. The summed E-state index contributed by atoms with van der Waals surface area (Å²) in [6.45, 7) is 2.42. The number of carbonyl (C=O) groups is 1. The third-order valence-electron chi connectivity index (χ3n) is 1.78. The number of anilines is 1. The van der Waals surface area contributed by atoms with Crippen LogP contribution in [0.4, 0.5) is 10.5 Å². The van der Waals surface area contributed by atoms with Crippen molar-refractivity contribution in [2.24, 2.45) is 0 Å². The van der Waals surface area contributed by atoms with Gasteiger partial charge in [-0.3, -0.25) is 4.90 Å². The number of hydrogen-bond donors (Lipinski definition) is 0. The van der Waals surface area contributed by atoms with Crippen molar-refractivity contribution in [3.05, 3.63) is 30.3 Å². The van der Waals surface area contributed by atoms with Gasteiger partial charge in [0.05, 0.1) is 6.61 Å². The van der Waals surface area contributed by atoms with Crippen LogP contribution >= 0.6 is 0 Å². The van der Waals surface area contributed by atoms with Crippen LogP contribution in [0.5, 0.6) is 0 Å². The summed E-state index contributed by atoms with van der Waals surface area (Å²) in [7, 11) is 1.68. The van der Waals surface area contributed by atoms with Gasteiger partial charge in [0.2, 0.25) is 0 Å². The zero-order chi connectivity index (χ0) is 10.4. The molecule has 0 bridgehead atoms. The van der Waals surface area contributed by atoms with E-state index in [2.05, 4.69) is 6.07 Å². The molecule has 0 unspecified atom stereocenters. The summed E-state index contributed by atoms with van der Waals surface area (Å²) in [5.74, 6) is 0. The fraction of sp³-hybridized carbons (Fsp3) is 0.364. The molecule has 0 saturated heterocycles. The molecule has 1 amide bonds. The van der Waals surface area contributed by atoms with Crippen molar-refractivity contribution in [3.63, 3.8) is 0 Å². The van der Waals surface area contributed by atoms with E-state index in [9.17, 15) is 4.79 Å². The third-order valence-corrected chi connectivity index (χ3v) is 1.78. The molecule has 0 atom stereocenters. The number of carbonyl (C=O) groups excluding carboxylic acids is 1. The lowest BCUT2D eigenvalue weighted by atomic mass is 10.3. The molecule has 0 aliphatic heterocycles. The van der Waals surface area contributed by atoms with Crippen LogP contribution in [0.1, 0.15) is 13.3 Å². The summed E-state index contributed by atoms with van der Waals surface area (Å²) < 4.78 is 4.98. The van der Waals surface area contributed by atoms with Gasteiger partial charge >= 0.3 is 6.09 Å². The van der Waals surface area contributed by atoms with Gasteiger partial charge in [0.25, 0.3) is 0 Å². The van der Waals surface area contributed by atoms with Crippen LogP contribution in [0.15, 0.2) is 24.3 Å². The van der Waals surface area contributed by atoms with Crippen molar-refractivity contribution in [2.75, 3.05) is 18.6 Å². The highest BCUT2D eigenvalue weighted by Gasteiger charge is 2.10. The highest BCUT2D eigenvalue weighted by atomic mass is 16.6.